The highest BCUT2D eigenvalue weighted by atomic mass is 32.1. The lowest BCUT2D eigenvalue weighted by atomic mass is 10.2. The number of carbonyl (C=O) groups excluding carboxylic acids is 1. The van der Waals surface area contributed by atoms with E-state index in [9.17, 15) is 9.90 Å². The first-order valence-electron chi connectivity index (χ1n) is 6.33. The third-order valence-corrected chi connectivity index (χ3v) is 3.38. The largest absolute Gasteiger partial charge is 0.507 e. The normalized spacial score (nSPS) is 10.9. The monoisotopic (exact) mass is 313 g/mol. The molecule has 0 atom stereocenters. The zero-order chi connectivity index (χ0) is 15.4. The van der Waals surface area contributed by atoms with E-state index in [-0.39, 0.29) is 5.75 Å². The number of phenols is 1. The number of rotatable bonds is 3. The fraction of sp³-hybridized carbons (Fsp3) is 0. The van der Waals surface area contributed by atoms with Crippen molar-refractivity contribution in [2.45, 2.75) is 0 Å². The number of aromatic nitrogens is 2. The number of hydrazone groups is 1. The minimum atomic E-state index is -0.507. The third-order valence-electron chi connectivity index (χ3n) is 2.84. The van der Waals surface area contributed by atoms with Gasteiger partial charge in [0.2, 0.25) is 0 Å². The fourth-order valence-electron chi connectivity index (χ4n) is 1.81. The quantitative estimate of drug-likeness (QED) is 0.511. The highest BCUT2D eigenvalue weighted by molar-refractivity contribution is 7.00. The van der Waals surface area contributed by atoms with E-state index < -0.39 is 6.03 Å². The van der Waals surface area contributed by atoms with Crippen LogP contribution in [-0.2, 0) is 0 Å². The van der Waals surface area contributed by atoms with Crippen LogP contribution >= 0.6 is 11.7 Å². The maximum Gasteiger partial charge on any atom is 0.339 e. The number of amides is 2. The van der Waals surface area contributed by atoms with E-state index >= 15 is 0 Å². The summed E-state index contributed by atoms with van der Waals surface area (Å²) < 4.78 is 8.23. The lowest BCUT2D eigenvalue weighted by Crippen LogP contribution is -2.24. The summed E-state index contributed by atoms with van der Waals surface area (Å²) >= 11 is 1.08. The maximum absolute atomic E-state index is 11.8. The number of hydrogen-bond donors (Lipinski definition) is 3. The predicted octanol–water partition coefficient (Wildman–Crippen LogP) is 2.55. The molecule has 0 aliphatic rings. The molecule has 2 amide bonds. The Kier molecular flexibility index (Phi) is 3.92. The van der Waals surface area contributed by atoms with Crippen molar-refractivity contribution in [3.8, 4) is 5.75 Å². The Morgan fingerprint density at radius 2 is 2.05 bits per heavy atom. The Morgan fingerprint density at radius 3 is 2.91 bits per heavy atom. The molecule has 0 fully saturated rings. The number of nitrogens with zero attached hydrogens (tertiary/aromatic N) is 3. The van der Waals surface area contributed by atoms with E-state index in [0.717, 1.165) is 17.2 Å². The average Bonchev–Trinajstić information content (AvgIpc) is 2.99. The van der Waals surface area contributed by atoms with Gasteiger partial charge in [0.25, 0.3) is 0 Å². The van der Waals surface area contributed by atoms with Crippen LogP contribution in [0.2, 0.25) is 0 Å². The van der Waals surface area contributed by atoms with Gasteiger partial charge in [0.1, 0.15) is 16.8 Å². The van der Waals surface area contributed by atoms with Crippen molar-refractivity contribution in [2.24, 2.45) is 5.10 Å². The number of urea groups is 1. The second-order valence-electron chi connectivity index (χ2n) is 4.32. The van der Waals surface area contributed by atoms with Gasteiger partial charge in [-0.25, -0.2) is 10.2 Å². The number of hydrogen-bond acceptors (Lipinski definition) is 6. The van der Waals surface area contributed by atoms with E-state index in [0.29, 0.717) is 16.8 Å². The molecule has 22 heavy (non-hydrogen) atoms. The SMILES string of the molecule is O=C(N/N=C/c1ccccc1O)Nc1cccc2nsnc12. The molecule has 0 spiro atoms. The van der Waals surface area contributed by atoms with Crippen molar-refractivity contribution in [3.63, 3.8) is 0 Å². The van der Waals surface area contributed by atoms with Crippen LogP contribution in [0, 0.1) is 0 Å². The second-order valence-corrected chi connectivity index (χ2v) is 4.85. The van der Waals surface area contributed by atoms with Gasteiger partial charge >= 0.3 is 6.03 Å². The first-order valence-corrected chi connectivity index (χ1v) is 7.06. The summed E-state index contributed by atoms with van der Waals surface area (Å²) in [6.07, 6.45) is 1.36. The summed E-state index contributed by atoms with van der Waals surface area (Å²) in [7, 11) is 0. The molecule has 3 N–H and O–H groups in total. The molecule has 0 bridgehead atoms. The molecule has 0 aliphatic carbocycles. The number of aromatic hydroxyl groups is 1. The highest BCUT2D eigenvalue weighted by Crippen LogP contribution is 2.20. The van der Waals surface area contributed by atoms with Crippen LogP contribution in [0.25, 0.3) is 11.0 Å². The molecule has 0 saturated carbocycles. The van der Waals surface area contributed by atoms with Gasteiger partial charge in [-0.1, -0.05) is 18.2 Å². The maximum atomic E-state index is 11.8. The first-order chi connectivity index (χ1) is 10.7. The summed E-state index contributed by atoms with van der Waals surface area (Å²) in [5, 5.41) is 16.0. The zero-order valence-corrected chi connectivity index (χ0v) is 12.0. The Morgan fingerprint density at radius 1 is 1.18 bits per heavy atom. The van der Waals surface area contributed by atoms with Gasteiger partial charge in [0, 0.05) is 5.56 Å². The molecule has 3 rings (SSSR count). The van der Waals surface area contributed by atoms with E-state index in [4.69, 9.17) is 0 Å². The number of benzene rings is 2. The number of phenolic OH excluding ortho intramolecular Hbond substituents is 1. The van der Waals surface area contributed by atoms with Crippen molar-refractivity contribution in [2.75, 3.05) is 5.32 Å². The van der Waals surface area contributed by atoms with Crippen molar-refractivity contribution >= 4 is 40.7 Å². The number of nitrogens with one attached hydrogen (secondary N) is 2. The van der Waals surface area contributed by atoms with E-state index in [1.165, 1.54) is 12.3 Å². The molecule has 2 aromatic carbocycles. The summed E-state index contributed by atoms with van der Waals surface area (Å²) in [4.78, 5) is 11.8. The smallest absolute Gasteiger partial charge is 0.339 e. The van der Waals surface area contributed by atoms with Crippen LogP contribution in [-0.4, -0.2) is 26.1 Å². The van der Waals surface area contributed by atoms with E-state index in [2.05, 4.69) is 24.6 Å². The van der Waals surface area contributed by atoms with Gasteiger partial charge in [-0.15, -0.1) is 0 Å². The van der Waals surface area contributed by atoms with Gasteiger partial charge in [-0.2, -0.15) is 13.8 Å². The van der Waals surface area contributed by atoms with Gasteiger partial charge < -0.3 is 10.4 Å². The number of anilines is 1. The van der Waals surface area contributed by atoms with Crippen LogP contribution in [0.3, 0.4) is 0 Å². The number of para-hydroxylation sites is 1. The standard InChI is InChI=1S/C14H11N5O2S/c20-12-7-2-1-4-9(12)8-15-17-14(21)16-10-5-3-6-11-13(10)19-22-18-11/h1-8,20H,(H2,16,17,21)/b15-8+. The molecular weight excluding hydrogens is 302 g/mol. The van der Waals surface area contributed by atoms with Crippen LogP contribution in [0.1, 0.15) is 5.56 Å². The summed E-state index contributed by atoms with van der Waals surface area (Å²) in [5.41, 5.74) is 4.75. The molecule has 3 aromatic rings. The van der Waals surface area contributed by atoms with Gasteiger partial charge in [-0.3, -0.25) is 0 Å². The van der Waals surface area contributed by atoms with E-state index in [1.807, 2.05) is 6.07 Å². The molecule has 0 unspecified atom stereocenters. The average molecular weight is 313 g/mol. The lowest BCUT2D eigenvalue weighted by molar-refractivity contribution is 0.252. The zero-order valence-electron chi connectivity index (χ0n) is 11.2. The minimum Gasteiger partial charge on any atom is -0.507 e. The third kappa shape index (κ3) is 3.01. The van der Waals surface area contributed by atoms with Crippen LogP contribution in [0.15, 0.2) is 47.6 Å². The summed E-state index contributed by atoms with van der Waals surface area (Å²) in [5.74, 6) is 0.0896. The molecule has 7 nitrogen and oxygen atoms in total. The fourth-order valence-corrected chi connectivity index (χ4v) is 2.36. The van der Waals surface area contributed by atoms with Crippen molar-refractivity contribution in [3.05, 3.63) is 48.0 Å². The van der Waals surface area contributed by atoms with Gasteiger partial charge in [0.15, 0.2) is 0 Å². The van der Waals surface area contributed by atoms with Crippen LogP contribution < -0.4 is 10.7 Å². The second kappa shape index (κ2) is 6.19. The Labute approximate surface area is 129 Å². The minimum absolute atomic E-state index is 0.0896. The number of carbonyl (C=O) groups is 1. The molecule has 8 heteroatoms. The van der Waals surface area contributed by atoms with Crippen LogP contribution in [0.4, 0.5) is 10.5 Å². The topological polar surface area (TPSA) is 99.5 Å². The van der Waals surface area contributed by atoms with Gasteiger partial charge in [0.05, 0.1) is 23.6 Å². The molecule has 0 saturated heterocycles. The molecule has 0 aliphatic heterocycles. The van der Waals surface area contributed by atoms with Crippen molar-refractivity contribution in [1.82, 2.24) is 14.2 Å². The molecule has 1 aromatic heterocycles. The highest BCUT2D eigenvalue weighted by Gasteiger charge is 2.07. The lowest BCUT2D eigenvalue weighted by Gasteiger charge is -2.04. The summed E-state index contributed by atoms with van der Waals surface area (Å²) in [6.45, 7) is 0. The Bertz CT molecular complexity index is 846. The first kappa shape index (κ1) is 14.0. The Balaban J connectivity index is 1.66. The number of fused-ring (bicyclic) bond motifs is 1. The van der Waals surface area contributed by atoms with Gasteiger partial charge in [-0.05, 0) is 24.3 Å². The molecule has 1 heterocycles. The molecule has 110 valence electrons. The van der Waals surface area contributed by atoms with E-state index in [1.54, 1.807) is 30.3 Å². The molecular formula is C14H11N5O2S. The predicted molar refractivity (Wildman–Crippen MR) is 85.3 cm³/mol. The van der Waals surface area contributed by atoms with Crippen LogP contribution in [0.5, 0.6) is 5.75 Å². The Hall–Kier alpha value is -3.00. The van der Waals surface area contributed by atoms with Crippen molar-refractivity contribution < 1.29 is 9.90 Å². The summed E-state index contributed by atoms with van der Waals surface area (Å²) in [6, 6.07) is 11.5. The van der Waals surface area contributed by atoms with Crippen molar-refractivity contribution in [1.29, 1.82) is 0 Å². The molecule has 0 radical (unpaired) electrons.